The van der Waals surface area contributed by atoms with Crippen molar-refractivity contribution in [3.05, 3.63) is 96.1 Å². The molecule has 0 N–H and O–H groups in total. The zero-order valence-corrected chi connectivity index (χ0v) is 14.6. The van der Waals surface area contributed by atoms with Crippen molar-refractivity contribution in [1.82, 2.24) is 0 Å². The molecule has 0 saturated heterocycles. The van der Waals surface area contributed by atoms with Gasteiger partial charge in [0.15, 0.2) is 0 Å². The fourth-order valence-corrected chi connectivity index (χ4v) is 3.38. The number of ether oxygens (including phenoxy) is 1. The van der Waals surface area contributed by atoms with Crippen LogP contribution in [0.2, 0.25) is 0 Å². The first-order valence-corrected chi connectivity index (χ1v) is 8.83. The minimum Gasteiger partial charge on any atom is -0.366 e. The Labute approximate surface area is 148 Å². The maximum Gasteiger partial charge on any atom is 0.0805 e. The van der Waals surface area contributed by atoms with E-state index in [1.54, 1.807) is 0 Å². The Morgan fingerprint density at radius 3 is 1.36 bits per heavy atom. The van der Waals surface area contributed by atoms with E-state index in [1.165, 1.54) is 32.7 Å². The second kappa shape index (κ2) is 6.70. The maximum atomic E-state index is 6.32. The van der Waals surface area contributed by atoms with Crippen molar-refractivity contribution in [2.24, 2.45) is 0 Å². The molecule has 0 radical (unpaired) electrons. The average molecular weight is 326 g/mol. The van der Waals surface area contributed by atoms with Crippen LogP contribution in [-0.2, 0) is 4.74 Å². The van der Waals surface area contributed by atoms with Crippen LogP contribution in [0.25, 0.3) is 21.5 Å². The van der Waals surface area contributed by atoms with Crippen LogP contribution < -0.4 is 0 Å². The third-order valence-corrected chi connectivity index (χ3v) is 4.89. The molecule has 2 atom stereocenters. The van der Waals surface area contributed by atoms with E-state index in [9.17, 15) is 0 Å². The molecule has 0 heterocycles. The van der Waals surface area contributed by atoms with Gasteiger partial charge in [-0.05, 0) is 58.7 Å². The molecule has 0 aliphatic rings. The molecular formula is C24H22O. The van der Waals surface area contributed by atoms with E-state index in [0.29, 0.717) is 0 Å². The SMILES string of the molecule is CC(OC(C)c1ccc2ccccc2c1)c1ccc2ccccc2c1. The molecule has 1 nitrogen and oxygen atoms in total. The van der Waals surface area contributed by atoms with Gasteiger partial charge in [0.25, 0.3) is 0 Å². The Kier molecular flexibility index (Phi) is 4.25. The summed E-state index contributed by atoms with van der Waals surface area (Å²) < 4.78 is 6.32. The van der Waals surface area contributed by atoms with Crippen LogP contribution in [0.4, 0.5) is 0 Å². The number of hydrogen-bond acceptors (Lipinski definition) is 1. The van der Waals surface area contributed by atoms with Gasteiger partial charge < -0.3 is 4.74 Å². The summed E-state index contributed by atoms with van der Waals surface area (Å²) in [6.07, 6.45) is 0.0946. The second-order valence-electron chi connectivity index (χ2n) is 6.63. The smallest absolute Gasteiger partial charge is 0.0805 e. The van der Waals surface area contributed by atoms with Gasteiger partial charge in [0.1, 0.15) is 0 Å². The molecule has 0 aliphatic carbocycles. The highest BCUT2D eigenvalue weighted by Crippen LogP contribution is 2.29. The molecule has 0 spiro atoms. The van der Waals surface area contributed by atoms with Gasteiger partial charge in [-0.15, -0.1) is 0 Å². The predicted octanol–water partition coefficient (Wildman–Crippen LogP) is 6.83. The number of benzene rings is 4. The lowest BCUT2D eigenvalue weighted by Gasteiger charge is -2.20. The Morgan fingerprint density at radius 1 is 0.520 bits per heavy atom. The molecule has 124 valence electrons. The monoisotopic (exact) mass is 326 g/mol. The van der Waals surface area contributed by atoms with Crippen LogP contribution in [0.3, 0.4) is 0 Å². The molecule has 25 heavy (non-hydrogen) atoms. The maximum absolute atomic E-state index is 6.32. The fraction of sp³-hybridized carbons (Fsp3) is 0.167. The summed E-state index contributed by atoms with van der Waals surface area (Å²) in [5.74, 6) is 0. The van der Waals surface area contributed by atoms with Crippen molar-refractivity contribution in [2.75, 3.05) is 0 Å². The van der Waals surface area contributed by atoms with Crippen LogP contribution in [0.15, 0.2) is 84.9 Å². The molecule has 0 amide bonds. The van der Waals surface area contributed by atoms with Crippen molar-refractivity contribution >= 4 is 21.5 Å². The topological polar surface area (TPSA) is 9.23 Å². The van der Waals surface area contributed by atoms with Crippen LogP contribution in [0.5, 0.6) is 0 Å². The first-order valence-electron chi connectivity index (χ1n) is 8.83. The van der Waals surface area contributed by atoms with Gasteiger partial charge in [-0.3, -0.25) is 0 Å². The Hall–Kier alpha value is -2.64. The molecule has 0 bridgehead atoms. The van der Waals surface area contributed by atoms with Gasteiger partial charge in [-0.1, -0.05) is 72.8 Å². The van der Waals surface area contributed by atoms with Crippen molar-refractivity contribution in [2.45, 2.75) is 26.1 Å². The van der Waals surface area contributed by atoms with E-state index in [0.717, 1.165) is 0 Å². The van der Waals surface area contributed by atoms with E-state index < -0.39 is 0 Å². The summed E-state index contributed by atoms with van der Waals surface area (Å²) in [5.41, 5.74) is 2.43. The normalized spacial score (nSPS) is 13.8. The third-order valence-electron chi connectivity index (χ3n) is 4.89. The first kappa shape index (κ1) is 15.9. The summed E-state index contributed by atoms with van der Waals surface area (Å²) in [5, 5.41) is 5.05. The van der Waals surface area contributed by atoms with Crippen LogP contribution >= 0.6 is 0 Å². The lowest BCUT2D eigenvalue weighted by Crippen LogP contribution is -2.05. The molecule has 2 unspecified atom stereocenters. The highest BCUT2D eigenvalue weighted by Gasteiger charge is 2.13. The van der Waals surface area contributed by atoms with E-state index in [1.807, 2.05) is 0 Å². The third kappa shape index (κ3) is 3.29. The lowest BCUT2D eigenvalue weighted by molar-refractivity contribution is 0.00600. The van der Waals surface area contributed by atoms with E-state index in [2.05, 4.69) is 98.8 Å². The van der Waals surface area contributed by atoms with Gasteiger partial charge in [-0.2, -0.15) is 0 Å². The minimum atomic E-state index is 0.0473. The quantitative estimate of drug-likeness (QED) is 0.399. The summed E-state index contributed by atoms with van der Waals surface area (Å²) in [6, 6.07) is 30.0. The Balaban J connectivity index is 1.56. The molecule has 0 aromatic heterocycles. The van der Waals surface area contributed by atoms with Crippen molar-refractivity contribution in [3.8, 4) is 0 Å². The molecule has 0 fully saturated rings. The van der Waals surface area contributed by atoms with Crippen molar-refractivity contribution in [1.29, 1.82) is 0 Å². The van der Waals surface area contributed by atoms with Gasteiger partial charge in [-0.25, -0.2) is 0 Å². The lowest BCUT2D eigenvalue weighted by atomic mass is 10.0. The Bertz CT molecular complexity index is 935. The van der Waals surface area contributed by atoms with Crippen molar-refractivity contribution in [3.63, 3.8) is 0 Å². The molecule has 4 aromatic carbocycles. The number of hydrogen-bond donors (Lipinski definition) is 0. The second-order valence-corrected chi connectivity index (χ2v) is 6.63. The van der Waals surface area contributed by atoms with Gasteiger partial charge in [0.2, 0.25) is 0 Å². The van der Waals surface area contributed by atoms with Gasteiger partial charge >= 0.3 is 0 Å². The average Bonchev–Trinajstić information content (AvgIpc) is 2.67. The molecular weight excluding hydrogens is 304 g/mol. The molecule has 4 rings (SSSR count). The fourth-order valence-electron chi connectivity index (χ4n) is 3.38. The molecule has 0 aliphatic heterocycles. The van der Waals surface area contributed by atoms with E-state index in [4.69, 9.17) is 4.74 Å². The standard InChI is InChI=1S/C24H22O/c1-17(21-13-11-19-7-3-5-9-23(19)15-21)25-18(2)22-14-12-20-8-4-6-10-24(20)16-22/h3-18H,1-2H3. The zero-order valence-electron chi connectivity index (χ0n) is 14.6. The van der Waals surface area contributed by atoms with Gasteiger partial charge in [0.05, 0.1) is 12.2 Å². The summed E-state index contributed by atoms with van der Waals surface area (Å²) >= 11 is 0. The van der Waals surface area contributed by atoms with Crippen LogP contribution in [-0.4, -0.2) is 0 Å². The predicted molar refractivity (Wildman–Crippen MR) is 106 cm³/mol. The zero-order chi connectivity index (χ0) is 17.2. The molecule has 0 saturated carbocycles. The highest BCUT2D eigenvalue weighted by atomic mass is 16.5. The molecule has 4 aromatic rings. The Morgan fingerprint density at radius 2 is 0.920 bits per heavy atom. The minimum absolute atomic E-state index is 0.0473. The summed E-state index contributed by atoms with van der Waals surface area (Å²) in [4.78, 5) is 0. The first-order chi connectivity index (χ1) is 12.2. The largest absolute Gasteiger partial charge is 0.366 e. The van der Waals surface area contributed by atoms with E-state index >= 15 is 0 Å². The van der Waals surface area contributed by atoms with Crippen molar-refractivity contribution < 1.29 is 4.74 Å². The summed E-state index contributed by atoms with van der Waals surface area (Å²) in [6.45, 7) is 4.25. The highest BCUT2D eigenvalue weighted by molar-refractivity contribution is 5.83. The van der Waals surface area contributed by atoms with Crippen LogP contribution in [0.1, 0.15) is 37.2 Å². The summed E-state index contributed by atoms with van der Waals surface area (Å²) in [7, 11) is 0. The van der Waals surface area contributed by atoms with E-state index in [-0.39, 0.29) is 12.2 Å². The number of rotatable bonds is 4. The van der Waals surface area contributed by atoms with Crippen LogP contribution in [0, 0.1) is 0 Å². The molecule has 1 heteroatoms. The number of fused-ring (bicyclic) bond motifs is 2. The van der Waals surface area contributed by atoms with Gasteiger partial charge in [0, 0.05) is 0 Å².